The van der Waals surface area contributed by atoms with Crippen molar-refractivity contribution < 1.29 is 9.18 Å². The molecule has 0 unspecified atom stereocenters. The van der Waals surface area contributed by atoms with Gasteiger partial charge in [-0.05, 0) is 37.1 Å². The van der Waals surface area contributed by atoms with E-state index in [-0.39, 0.29) is 17.4 Å². The maximum absolute atomic E-state index is 13.9. The topological polar surface area (TPSA) is 33.2 Å². The van der Waals surface area contributed by atoms with Gasteiger partial charge >= 0.3 is 0 Å². The number of amides is 1. The van der Waals surface area contributed by atoms with Gasteiger partial charge in [-0.15, -0.1) is 11.3 Å². The van der Waals surface area contributed by atoms with Crippen LogP contribution in [0.5, 0.6) is 0 Å². The first kappa shape index (κ1) is 15.3. The third-order valence-corrected chi connectivity index (χ3v) is 5.67. The molecule has 1 fully saturated rings. The summed E-state index contributed by atoms with van der Waals surface area (Å²) in [5.74, 6) is -0.449. The number of hydrogen-bond acceptors (Lipinski definition) is 3. The van der Waals surface area contributed by atoms with Crippen LogP contribution in [0, 0.1) is 5.82 Å². The van der Waals surface area contributed by atoms with Gasteiger partial charge in [0, 0.05) is 19.0 Å². The van der Waals surface area contributed by atoms with Crippen molar-refractivity contribution in [3.05, 3.63) is 64.9 Å². The number of aromatic nitrogens is 1. The molecule has 1 amide bonds. The number of nitrogens with zero attached hydrogens (tertiary/aromatic N) is 2. The van der Waals surface area contributed by atoms with Crippen molar-refractivity contribution >= 4 is 27.5 Å². The SMILES string of the molecule is O=C(c1ccccc1F)N1CCC[C@@H](c2nc3ccccc3s2)C1. The van der Waals surface area contributed by atoms with Crippen LogP contribution in [-0.2, 0) is 0 Å². The summed E-state index contributed by atoms with van der Waals surface area (Å²) in [5, 5.41) is 1.07. The van der Waals surface area contributed by atoms with Gasteiger partial charge in [0.2, 0.25) is 0 Å². The average molecular weight is 340 g/mol. The number of piperidine rings is 1. The van der Waals surface area contributed by atoms with E-state index in [1.807, 2.05) is 18.2 Å². The fourth-order valence-corrected chi connectivity index (χ4v) is 4.33. The van der Waals surface area contributed by atoms with Crippen LogP contribution in [0.15, 0.2) is 48.5 Å². The Bertz CT molecular complexity index is 859. The fourth-order valence-electron chi connectivity index (χ4n) is 3.23. The number of carbonyl (C=O) groups excluding carboxylic acids is 1. The van der Waals surface area contributed by atoms with Crippen molar-refractivity contribution in [3.8, 4) is 0 Å². The van der Waals surface area contributed by atoms with E-state index in [1.54, 1.807) is 34.4 Å². The Hall–Kier alpha value is -2.27. The molecule has 3 aromatic rings. The predicted octanol–water partition coefficient (Wildman–Crippen LogP) is 4.46. The van der Waals surface area contributed by atoms with Crippen molar-refractivity contribution in [1.29, 1.82) is 0 Å². The highest BCUT2D eigenvalue weighted by atomic mass is 32.1. The number of carbonyl (C=O) groups is 1. The Kier molecular flexibility index (Phi) is 4.02. The lowest BCUT2D eigenvalue weighted by atomic mass is 9.98. The molecule has 1 atom stereocenters. The average Bonchev–Trinajstić information content (AvgIpc) is 3.06. The summed E-state index contributed by atoms with van der Waals surface area (Å²) in [7, 11) is 0. The first-order chi connectivity index (χ1) is 11.7. The van der Waals surface area contributed by atoms with Crippen LogP contribution in [0.25, 0.3) is 10.2 Å². The van der Waals surface area contributed by atoms with E-state index in [0.717, 1.165) is 23.4 Å². The molecular formula is C19H17FN2OS. The third-order valence-electron chi connectivity index (χ3n) is 4.47. The summed E-state index contributed by atoms with van der Waals surface area (Å²) in [6.45, 7) is 1.28. The maximum atomic E-state index is 13.9. The molecule has 3 nitrogen and oxygen atoms in total. The number of para-hydroxylation sites is 1. The largest absolute Gasteiger partial charge is 0.338 e. The number of rotatable bonds is 2. The summed E-state index contributed by atoms with van der Waals surface area (Å²) in [6.07, 6.45) is 1.93. The van der Waals surface area contributed by atoms with E-state index in [1.165, 1.54) is 10.8 Å². The van der Waals surface area contributed by atoms with Gasteiger partial charge in [-0.2, -0.15) is 0 Å². The lowest BCUT2D eigenvalue weighted by molar-refractivity contribution is 0.0702. The minimum Gasteiger partial charge on any atom is -0.338 e. The van der Waals surface area contributed by atoms with Gasteiger partial charge in [0.05, 0.1) is 20.8 Å². The zero-order valence-electron chi connectivity index (χ0n) is 13.1. The summed E-state index contributed by atoms with van der Waals surface area (Å²) >= 11 is 1.69. The third kappa shape index (κ3) is 2.80. The van der Waals surface area contributed by atoms with Crippen LogP contribution in [0.4, 0.5) is 4.39 Å². The van der Waals surface area contributed by atoms with Crippen LogP contribution in [0.3, 0.4) is 0 Å². The Labute approximate surface area is 143 Å². The number of thiazole rings is 1. The van der Waals surface area contributed by atoms with E-state index in [4.69, 9.17) is 4.98 Å². The Balaban J connectivity index is 1.57. The van der Waals surface area contributed by atoms with Crippen LogP contribution >= 0.6 is 11.3 Å². The van der Waals surface area contributed by atoms with Crippen molar-refractivity contribution in [3.63, 3.8) is 0 Å². The molecule has 0 aliphatic carbocycles. The molecule has 1 aliphatic rings. The summed E-state index contributed by atoms with van der Waals surface area (Å²) < 4.78 is 15.1. The Morgan fingerprint density at radius 3 is 2.79 bits per heavy atom. The molecule has 0 N–H and O–H groups in total. The van der Waals surface area contributed by atoms with Crippen molar-refractivity contribution in [1.82, 2.24) is 9.88 Å². The summed E-state index contributed by atoms with van der Waals surface area (Å²) in [6, 6.07) is 14.3. The minimum atomic E-state index is -0.454. The molecule has 24 heavy (non-hydrogen) atoms. The molecule has 4 rings (SSSR count). The van der Waals surface area contributed by atoms with Crippen LogP contribution in [-0.4, -0.2) is 28.9 Å². The van der Waals surface area contributed by atoms with E-state index >= 15 is 0 Å². The lowest BCUT2D eigenvalue weighted by Gasteiger charge is -2.32. The molecular weight excluding hydrogens is 323 g/mol. The normalized spacial score (nSPS) is 18.0. The molecule has 1 saturated heterocycles. The number of halogens is 1. The molecule has 1 aromatic heterocycles. The number of benzene rings is 2. The van der Waals surface area contributed by atoms with Gasteiger partial charge in [0.1, 0.15) is 5.82 Å². The zero-order chi connectivity index (χ0) is 16.5. The van der Waals surface area contributed by atoms with Crippen LogP contribution in [0.1, 0.15) is 34.1 Å². The van der Waals surface area contributed by atoms with Crippen molar-refractivity contribution in [2.45, 2.75) is 18.8 Å². The standard InChI is InChI=1S/C19H17FN2OS/c20-15-8-2-1-7-14(15)19(23)22-11-5-6-13(12-22)18-21-16-9-3-4-10-17(16)24-18/h1-4,7-10,13H,5-6,11-12H2/t13-/m1/s1. The highest BCUT2D eigenvalue weighted by Gasteiger charge is 2.28. The Morgan fingerprint density at radius 2 is 1.96 bits per heavy atom. The second kappa shape index (κ2) is 6.32. The van der Waals surface area contributed by atoms with Gasteiger partial charge in [-0.1, -0.05) is 24.3 Å². The fraction of sp³-hybridized carbons (Fsp3) is 0.263. The lowest BCUT2D eigenvalue weighted by Crippen LogP contribution is -2.39. The monoisotopic (exact) mass is 340 g/mol. The van der Waals surface area contributed by atoms with Gasteiger partial charge in [-0.3, -0.25) is 4.79 Å². The molecule has 0 bridgehead atoms. The summed E-state index contributed by atoms with van der Waals surface area (Å²) in [5.41, 5.74) is 1.16. The molecule has 5 heteroatoms. The first-order valence-corrected chi connectivity index (χ1v) is 8.93. The second-order valence-electron chi connectivity index (χ2n) is 6.09. The van der Waals surface area contributed by atoms with Gasteiger partial charge in [0.15, 0.2) is 0 Å². The minimum absolute atomic E-state index is 0.155. The predicted molar refractivity (Wildman–Crippen MR) is 93.9 cm³/mol. The number of likely N-dealkylation sites (tertiary alicyclic amines) is 1. The first-order valence-electron chi connectivity index (χ1n) is 8.11. The number of fused-ring (bicyclic) bond motifs is 1. The van der Waals surface area contributed by atoms with E-state index in [9.17, 15) is 9.18 Å². The second-order valence-corrected chi connectivity index (χ2v) is 7.15. The smallest absolute Gasteiger partial charge is 0.256 e. The molecule has 2 heterocycles. The molecule has 0 radical (unpaired) electrons. The zero-order valence-corrected chi connectivity index (χ0v) is 13.9. The van der Waals surface area contributed by atoms with E-state index in [0.29, 0.717) is 13.1 Å². The van der Waals surface area contributed by atoms with Crippen molar-refractivity contribution in [2.24, 2.45) is 0 Å². The van der Waals surface area contributed by atoms with Gasteiger partial charge < -0.3 is 4.90 Å². The Morgan fingerprint density at radius 1 is 1.17 bits per heavy atom. The highest BCUT2D eigenvalue weighted by molar-refractivity contribution is 7.18. The molecule has 0 spiro atoms. The molecule has 0 saturated carbocycles. The summed E-state index contributed by atoms with van der Waals surface area (Å²) in [4.78, 5) is 19.1. The quantitative estimate of drug-likeness (QED) is 0.690. The number of hydrogen-bond donors (Lipinski definition) is 0. The van der Waals surface area contributed by atoms with E-state index < -0.39 is 5.82 Å². The maximum Gasteiger partial charge on any atom is 0.256 e. The molecule has 122 valence electrons. The van der Waals surface area contributed by atoms with E-state index in [2.05, 4.69) is 6.07 Å². The highest BCUT2D eigenvalue weighted by Crippen LogP contribution is 2.33. The van der Waals surface area contributed by atoms with Crippen LogP contribution in [0.2, 0.25) is 0 Å². The molecule has 2 aromatic carbocycles. The van der Waals surface area contributed by atoms with Crippen molar-refractivity contribution in [2.75, 3.05) is 13.1 Å². The van der Waals surface area contributed by atoms with Gasteiger partial charge in [0.25, 0.3) is 5.91 Å². The molecule has 1 aliphatic heterocycles. The van der Waals surface area contributed by atoms with Gasteiger partial charge in [-0.25, -0.2) is 9.37 Å². The van der Waals surface area contributed by atoms with Crippen LogP contribution < -0.4 is 0 Å².